The Hall–Kier alpha value is -1.89. The number of anilines is 2. The lowest BCUT2D eigenvalue weighted by molar-refractivity contribution is 0.939. The van der Waals surface area contributed by atoms with Gasteiger partial charge in [0.1, 0.15) is 11.6 Å². The molecule has 7 heteroatoms. The highest BCUT2D eigenvalue weighted by Crippen LogP contribution is 2.15. The predicted octanol–water partition coefficient (Wildman–Crippen LogP) is 1.49. The third kappa shape index (κ3) is 3.30. The minimum Gasteiger partial charge on any atom is -0.383 e. The second-order valence-electron chi connectivity index (χ2n) is 3.67. The van der Waals surface area contributed by atoms with Gasteiger partial charge in [-0.25, -0.2) is 9.97 Å². The fourth-order valence-electron chi connectivity index (χ4n) is 1.32. The van der Waals surface area contributed by atoms with Gasteiger partial charge >= 0.3 is 0 Å². The van der Waals surface area contributed by atoms with E-state index in [1.165, 1.54) is 11.8 Å². The van der Waals surface area contributed by atoms with Crippen LogP contribution in [0.25, 0.3) is 0 Å². The highest BCUT2D eigenvalue weighted by atomic mass is 32.2. The van der Waals surface area contributed by atoms with Gasteiger partial charge in [0.05, 0.1) is 24.1 Å². The molecule has 0 bridgehead atoms. The molecule has 2 aromatic heterocycles. The Labute approximate surface area is 109 Å². The number of thioether (sulfide) groups is 1. The molecule has 0 fully saturated rings. The minimum atomic E-state index is 0.451. The number of nitrogens with zero attached hydrogens (tertiary/aromatic N) is 4. The highest BCUT2D eigenvalue weighted by Gasteiger charge is 2.02. The number of aromatic nitrogens is 4. The van der Waals surface area contributed by atoms with E-state index in [0.717, 1.165) is 11.4 Å². The monoisotopic (exact) mass is 262 g/mol. The van der Waals surface area contributed by atoms with Gasteiger partial charge in [-0.2, -0.15) is 0 Å². The number of aryl methyl sites for hydroxylation is 1. The zero-order chi connectivity index (χ0) is 13.0. The Balaban J connectivity index is 2.05. The number of nitrogens with one attached hydrogen (secondary N) is 1. The van der Waals surface area contributed by atoms with Crippen LogP contribution in [0.5, 0.6) is 0 Å². The zero-order valence-corrected chi connectivity index (χ0v) is 11.0. The summed E-state index contributed by atoms with van der Waals surface area (Å²) in [7, 11) is 0. The molecule has 2 rings (SSSR count). The first-order chi connectivity index (χ1) is 8.67. The molecule has 0 aromatic carbocycles. The van der Waals surface area contributed by atoms with Crippen molar-refractivity contribution in [1.29, 1.82) is 0 Å². The first kappa shape index (κ1) is 12.6. The summed E-state index contributed by atoms with van der Waals surface area (Å²) in [6.45, 7) is 2.46. The number of nitrogen functional groups attached to an aromatic ring is 1. The average Bonchev–Trinajstić information content (AvgIpc) is 2.37. The molecule has 0 atom stereocenters. The van der Waals surface area contributed by atoms with Gasteiger partial charge in [0.15, 0.2) is 5.16 Å². The number of nitrogens with two attached hydrogens (primary N) is 1. The van der Waals surface area contributed by atoms with Crippen molar-refractivity contribution in [2.24, 2.45) is 0 Å². The molecular weight excluding hydrogens is 248 g/mol. The van der Waals surface area contributed by atoms with Crippen molar-refractivity contribution < 1.29 is 0 Å². The minimum absolute atomic E-state index is 0.451. The van der Waals surface area contributed by atoms with Crippen LogP contribution >= 0.6 is 11.8 Å². The van der Waals surface area contributed by atoms with Crippen LogP contribution in [-0.4, -0.2) is 26.2 Å². The lowest BCUT2D eigenvalue weighted by atomic mass is 10.4. The Morgan fingerprint density at radius 3 is 2.78 bits per heavy atom. The molecule has 6 nitrogen and oxygen atoms in total. The molecule has 0 saturated carbocycles. The molecule has 0 aliphatic heterocycles. The van der Waals surface area contributed by atoms with Gasteiger partial charge in [-0.05, 0) is 13.2 Å². The summed E-state index contributed by atoms with van der Waals surface area (Å²) in [5.74, 6) is 1.14. The van der Waals surface area contributed by atoms with Crippen molar-refractivity contribution in [2.45, 2.75) is 18.6 Å². The van der Waals surface area contributed by atoms with Crippen LogP contribution in [0.4, 0.5) is 11.6 Å². The smallest absolute Gasteiger partial charge is 0.191 e. The molecule has 0 spiro atoms. The van der Waals surface area contributed by atoms with Gasteiger partial charge in [-0.15, -0.1) is 0 Å². The highest BCUT2D eigenvalue weighted by molar-refractivity contribution is 7.98. The van der Waals surface area contributed by atoms with E-state index in [0.29, 0.717) is 23.3 Å². The topological polar surface area (TPSA) is 89.6 Å². The molecule has 3 N–H and O–H groups in total. The maximum absolute atomic E-state index is 5.69. The van der Waals surface area contributed by atoms with Crippen molar-refractivity contribution in [3.8, 4) is 0 Å². The van der Waals surface area contributed by atoms with Crippen molar-refractivity contribution in [1.82, 2.24) is 19.9 Å². The van der Waals surface area contributed by atoms with Crippen LogP contribution in [0, 0.1) is 6.92 Å². The molecule has 0 saturated heterocycles. The van der Waals surface area contributed by atoms with Crippen molar-refractivity contribution in [3.05, 3.63) is 29.8 Å². The normalized spacial score (nSPS) is 10.3. The van der Waals surface area contributed by atoms with Gasteiger partial charge in [-0.1, -0.05) is 11.8 Å². The van der Waals surface area contributed by atoms with E-state index in [2.05, 4.69) is 25.3 Å². The van der Waals surface area contributed by atoms with Gasteiger partial charge in [-0.3, -0.25) is 9.97 Å². The maximum atomic E-state index is 5.69. The van der Waals surface area contributed by atoms with E-state index in [-0.39, 0.29) is 0 Å². The fraction of sp³-hybridized carbons (Fsp3) is 0.273. The van der Waals surface area contributed by atoms with Crippen LogP contribution in [0.3, 0.4) is 0 Å². The van der Waals surface area contributed by atoms with Gasteiger partial charge in [0.2, 0.25) is 0 Å². The molecule has 2 aromatic rings. The van der Waals surface area contributed by atoms with Gasteiger partial charge in [0.25, 0.3) is 0 Å². The van der Waals surface area contributed by atoms with E-state index < -0.39 is 0 Å². The molecule has 0 unspecified atom stereocenters. The van der Waals surface area contributed by atoms with E-state index in [1.54, 1.807) is 18.5 Å². The molecule has 0 amide bonds. The Morgan fingerprint density at radius 2 is 2.11 bits per heavy atom. The summed E-state index contributed by atoms with van der Waals surface area (Å²) in [6, 6.07) is 1.70. The largest absolute Gasteiger partial charge is 0.383 e. The van der Waals surface area contributed by atoms with Crippen LogP contribution in [0.2, 0.25) is 0 Å². The zero-order valence-electron chi connectivity index (χ0n) is 10.2. The fourth-order valence-corrected chi connectivity index (χ4v) is 1.70. The Morgan fingerprint density at radius 1 is 1.28 bits per heavy atom. The average molecular weight is 262 g/mol. The molecule has 0 aliphatic carbocycles. The third-order valence-corrected chi connectivity index (χ3v) is 2.74. The SMILES string of the molecule is CSc1nc(N)cc(NCc2cnc(C)cn2)n1. The lowest BCUT2D eigenvalue weighted by Crippen LogP contribution is -2.06. The molecule has 2 heterocycles. The summed E-state index contributed by atoms with van der Waals surface area (Å²) in [6.07, 6.45) is 5.38. The quantitative estimate of drug-likeness (QED) is 0.637. The number of rotatable bonds is 4. The van der Waals surface area contributed by atoms with E-state index >= 15 is 0 Å². The van der Waals surface area contributed by atoms with Crippen LogP contribution < -0.4 is 11.1 Å². The number of hydrogen-bond acceptors (Lipinski definition) is 7. The Bertz CT molecular complexity index is 528. The summed E-state index contributed by atoms with van der Waals surface area (Å²) in [5, 5.41) is 3.79. The maximum Gasteiger partial charge on any atom is 0.191 e. The number of hydrogen-bond donors (Lipinski definition) is 2. The van der Waals surface area contributed by atoms with Crippen LogP contribution in [0.1, 0.15) is 11.4 Å². The summed E-state index contributed by atoms with van der Waals surface area (Å²) in [4.78, 5) is 16.8. The first-order valence-corrected chi connectivity index (χ1v) is 6.60. The molecule has 0 aliphatic rings. The second-order valence-corrected chi connectivity index (χ2v) is 4.44. The predicted molar refractivity (Wildman–Crippen MR) is 72.3 cm³/mol. The van der Waals surface area contributed by atoms with Gasteiger partial charge in [0, 0.05) is 12.3 Å². The Kier molecular flexibility index (Phi) is 3.93. The third-order valence-electron chi connectivity index (χ3n) is 2.19. The summed E-state index contributed by atoms with van der Waals surface area (Å²) in [5.41, 5.74) is 7.44. The van der Waals surface area contributed by atoms with Crippen LogP contribution in [0.15, 0.2) is 23.6 Å². The van der Waals surface area contributed by atoms with Crippen LogP contribution in [-0.2, 0) is 6.54 Å². The molecule has 18 heavy (non-hydrogen) atoms. The lowest BCUT2D eigenvalue weighted by Gasteiger charge is -2.06. The van der Waals surface area contributed by atoms with E-state index in [4.69, 9.17) is 5.73 Å². The van der Waals surface area contributed by atoms with E-state index in [9.17, 15) is 0 Å². The summed E-state index contributed by atoms with van der Waals surface area (Å²) < 4.78 is 0. The van der Waals surface area contributed by atoms with Crippen molar-refractivity contribution >= 4 is 23.4 Å². The van der Waals surface area contributed by atoms with E-state index in [1.807, 2.05) is 13.2 Å². The van der Waals surface area contributed by atoms with Crippen molar-refractivity contribution in [2.75, 3.05) is 17.3 Å². The van der Waals surface area contributed by atoms with Crippen molar-refractivity contribution in [3.63, 3.8) is 0 Å². The second kappa shape index (κ2) is 5.63. The first-order valence-electron chi connectivity index (χ1n) is 5.37. The molecular formula is C11H14N6S. The summed E-state index contributed by atoms with van der Waals surface area (Å²) >= 11 is 1.45. The van der Waals surface area contributed by atoms with Gasteiger partial charge < -0.3 is 11.1 Å². The molecule has 94 valence electrons. The molecule has 0 radical (unpaired) electrons. The standard InChI is InChI=1S/C11H14N6S/c1-7-4-14-8(5-13-7)6-15-10-3-9(12)16-11(17-10)18-2/h3-5H,6H2,1-2H3,(H3,12,15,16,17).